The van der Waals surface area contributed by atoms with Crippen LogP contribution in [0.4, 0.5) is 0 Å². The summed E-state index contributed by atoms with van der Waals surface area (Å²) in [5.41, 5.74) is 1.69. The fraction of sp³-hybridized carbons (Fsp3) is 0.222. The molecule has 0 radical (unpaired) electrons. The molecule has 2 aromatic rings. The summed E-state index contributed by atoms with van der Waals surface area (Å²) in [4.78, 5) is 39.1. The summed E-state index contributed by atoms with van der Waals surface area (Å²) >= 11 is 0. The van der Waals surface area contributed by atoms with E-state index in [9.17, 15) is 14.4 Å². The monoisotopic (exact) mass is 354 g/mol. The van der Waals surface area contributed by atoms with Gasteiger partial charge in [0.25, 0.3) is 5.91 Å². The van der Waals surface area contributed by atoms with Crippen molar-refractivity contribution >= 4 is 28.7 Å². The van der Waals surface area contributed by atoms with Crippen LogP contribution in [0.1, 0.15) is 12.5 Å². The van der Waals surface area contributed by atoms with Crippen LogP contribution in [0, 0.1) is 11.5 Å². The minimum Gasteiger partial charge on any atom is -0.478 e. The number of carbonyl (C=O) groups excluding carboxylic acids is 2. The lowest BCUT2D eigenvalue weighted by Gasteiger charge is -2.21. The van der Waals surface area contributed by atoms with Gasteiger partial charge >= 0.3 is 5.97 Å². The number of para-hydroxylation sites is 1. The molecular formula is C18H18N4O4. The van der Waals surface area contributed by atoms with Gasteiger partial charge in [0.2, 0.25) is 5.91 Å². The molecule has 1 heterocycles. The van der Waals surface area contributed by atoms with E-state index in [1.807, 2.05) is 24.3 Å². The number of aromatic amines is 1. The Morgan fingerprint density at radius 2 is 2.08 bits per heavy atom. The van der Waals surface area contributed by atoms with E-state index in [1.165, 1.54) is 0 Å². The first-order valence-electron chi connectivity index (χ1n) is 7.93. The Morgan fingerprint density at radius 1 is 1.35 bits per heavy atom. The van der Waals surface area contributed by atoms with Gasteiger partial charge in [0.05, 0.1) is 0 Å². The van der Waals surface area contributed by atoms with E-state index in [-0.39, 0.29) is 13.0 Å². The van der Waals surface area contributed by atoms with Gasteiger partial charge < -0.3 is 15.4 Å². The molecule has 1 aromatic heterocycles. The van der Waals surface area contributed by atoms with Crippen LogP contribution < -0.4 is 5.32 Å². The highest BCUT2D eigenvalue weighted by atomic mass is 16.4. The summed E-state index contributed by atoms with van der Waals surface area (Å²) in [5, 5.41) is 21.1. The predicted molar refractivity (Wildman–Crippen MR) is 93.7 cm³/mol. The molecule has 0 aliphatic carbocycles. The van der Waals surface area contributed by atoms with Crippen LogP contribution in [-0.2, 0) is 20.8 Å². The largest absolute Gasteiger partial charge is 0.478 e. The third-order valence-electron chi connectivity index (χ3n) is 3.79. The minimum atomic E-state index is -1.27. The molecule has 0 fully saturated rings. The lowest BCUT2D eigenvalue weighted by molar-refractivity contribution is -0.132. The van der Waals surface area contributed by atoms with Crippen LogP contribution in [0.2, 0.25) is 0 Å². The molecule has 0 bridgehead atoms. The summed E-state index contributed by atoms with van der Waals surface area (Å²) in [6, 6.07) is 6.50. The molecule has 0 aliphatic rings. The van der Waals surface area contributed by atoms with Crippen LogP contribution in [-0.4, -0.2) is 45.4 Å². The maximum atomic E-state index is 12.6. The van der Waals surface area contributed by atoms with Crippen molar-refractivity contribution in [1.29, 1.82) is 5.26 Å². The van der Waals surface area contributed by atoms with Crippen molar-refractivity contribution in [1.82, 2.24) is 15.2 Å². The normalized spacial score (nSPS) is 11.8. The summed E-state index contributed by atoms with van der Waals surface area (Å²) in [6.07, 6.45) is 5.21. The molecule has 0 saturated heterocycles. The topological polar surface area (TPSA) is 126 Å². The first-order chi connectivity index (χ1) is 12.5. The molecule has 2 rings (SSSR count). The van der Waals surface area contributed by atoms with Crippen molar-refractivity contribution in [3.8, 4) is 6.19 Å². The highest BCUT2D eigenvalue weighted by molar-refractivity contribution is 5.97. The number of carboxylic acids is 1. The van der Waals surface area contributed by atoms with E-state index in [2.05, 4.69) is 10.3 Å². The van der Waals surface area contributed by atoms with Gasteiger partial charge in [-0.05, 0) is 18.6 Å². The summed E-state index contributed by atoms with van der Waals surface area (Å²) in [5.74, 6) is -2.55. The second-order valence-electron chi connectivity index (χ2n) is 5.48. The van der Waals surface area contributed by atoms with Crippen LogP contribution >= 0.6 is 0 Å². The van der Waals surface area contributed by atoms with Crippen LogP contribution in [0.5, 0.6) is 0 Å². The van der Waals surface area contributed by atoms with Gasteiger partial charge in [-0.1, -0.05) is 18.2 Å². The predicted octanol–water partition coefficient (Wildman–Crippen LogP) is 1.17. The quantitative estimate of drug-likeness (QED) is 0.391. The molecule has 0 aliphatic heterocycles. The number of aliphatic carboxylic acids is 1. The van der Waals surface area contributed by atoms with Crippen LogP contribution in [0.25, 0.3) is 10.9 Å². The zero-order valence-corrected chi connectivity index (χ0v) is 14.1. The molecule has 8 nitrogen and oxygen atoms in total. The number of hydrogen-bond donors (Lipinski definition) is 3. The molecule has 2 amide bonds. The molecule has 0 spiro atoms. The average molecular weight is 354 g/mol. The van der Waals surface area contributed by atoms with E-state index in [1.54, 1.807) is 19.3 Å². The first-order valence-corrected chi connectivity index (χ1v) is 7.93. The van der Waals surface area contributed by atoms with E-state index in [0.717, 1.165) is 27.4 Å². The number of H-pyrrole nitrogens is 1. The number of nitrogens with one attached hydrogen (secondary N) is 2. The highest BCUT2D eigenvalue weighted by Gasteiger charge is 2.26. The average Bonchev–Trinajstić information content (AvgIpc) is 3.03. The number of aromatic nitrogens is 1. The van der Waals surface area contributed by atoms with Crippen molar-refractivity contribution in [2.75, 3.05) is 6.54 Å². The van der Waals surface area contributed by atoms with Gasteiger partial charge in [-0.3, -0.25) is 9.59 Å². The fourth-order valence-corrected chi connectivity index (χ4v) is 2.55. The third-order valence-corrected chi connectivity index (χ3v) is 3.79. The Hall–Kier alpha value is -3.60. The zero-order valence-electron chi connectivity index (χ0n) is 14.1. The number of carbonyl (C=O) groups is 3. The SMILES string of the molecule is CCN(C#N)C(=O)C(Cc1c[nH]c2ccccc12)NC(=O)/C=C/C(=O)O. The Balaban J connectivity index is 2.28. The van der Waals surface area contributed by atoms with Crippen LogP contribution in [0.3, 0.4) is 0 Å². The molecule has 0 saturated carbocycles. The molecule has 26 heavy (non-hydrogen) atoms. The zero-order chi connectivity index (χ0) is 19.1. The summed E-state index contributed by atoms with van der Waals surface area (Å²) in [7, 11) is 0. The lowest BCUT2D eigenvalue weighted by atomic mass is 10.0. The first kappa shape index (κ1) is 18.7. The standard InChI is InChI=1S/C18H18N4O4/c1-2-22(11-19)18(26)15(21-16(23)7-8-17(24)25)9-12-10-20-14-6-4-3-5-13(12)14/h3-8,10,15,20H,2,9H2,1H3,(H,21,23)(H,24,25)/b8-7+. The van der Waals surface area contributed by atoms with Gasteiger partial charge in [0, 0.05) is 42.2 Å². The van der Waals surface area contributed by atoms with Gasteiger partial charge in [0.1, 0.15) is 6.04 Å². The summed E-state index contributed by atoms with van der Waals surface area (Å²) < 4.78 is 0. The number of carboxylic acid groups (broad SMARTS) is 1. The molecule has 3 N–H and O–H groups in total. The number of nitriles is 1. The third kappa shape index (κ3) is 4.48. The number of likely N-dealkylation sites (N-methyl/N-ethyl adjacent to an activating group) is 1. The molecule has 134 valence electrons. The van der Waals surface area contributed by atoms with E-state index < -0.39 is 23.8 Å². The number of benzene rings is 1. The lowest BCUT2D eigenvalue weighted by Crippen LogP contribution is -2.48. The number of nitrogens with zero attached hydrogens (tertiary/aromatic N) is 2. The van der Waals surface area contributed by atoms with Crippen LogP contribution in [0.15, 0.2) is 42.6 Å². The Kier molecular flexibility index (Phi) is 6.11. The van der Waals surface area contributed by atoms with Gasteiger partial charge in [-0.2, -0.15) is 5.26 Å². The van der Waals surface area contributed by atoms with Gasteiger partial charge in [-0.15, -0.1) is 0 Å². The van der Waals surface area contributed by atoms with Crippen molar-refractivity contribution in [2.24, 2.45) is 0 Å². The maximum absolute atomic E-state index is 12.6. The number of hydrogen-bond acceptors (Lipinski definition) is 4. The van der Waals surface area contributed by atoms with Crippen molar-refractivity contribution in [3.05, 3.63) is 48.2 Å². The molecule has 1 atom stereocenters. The smallest absolute Gasteiger partial charge is 0.328 e. The van der Waals surface area contributed by atoms with Gasteiger partial charge in [-0.25, -0.2) is 9.69 Å². The summed E-state index contributed by atoms with van der Waals surface area (Å²) in [6.45, 7) is 1.82. The van der Waals surface area contributed by atoms with Gasteiger partial charge in [0.15, 0.2) is 6.19 Å². The Morgan fingerprint density at radius 3 is 2.73 bits per heavy atom. The second-order valence-corrected chi connectivity index (χ2v) is 5.48. The number of rotatable bonds is 7. The highest BCUT2D eigenvalue weighted by Crippen LogP contribution is 2.19. The number of fused-ring (bicyclic) bond motifs is 1. The second kappa shape index (κ2) is 8.48. The van der Waals surface area contributed by atoms with E-state index in [0.29, 0.717) is 6.08 Å². The van der Waals surface area contributed by atoms with E-state index in [4.69, 9.17) is 10.4 Å². The number of amides is 2. The molecule has 8 heteroatoms. The fourth-order valence-electron chi connectivity index (χ4n) is 2.55. The van der Waals surface area contributed by atoms with E-state index >= 15 is 0 Å². The molecule has 1 aromatic carbocycles. The van der Waals surface area contributed by atoms with Crippen molar-refractivity contribution in [3.63, 3.8) is 0 Å². The molecule has 1 unspecified atom stereocenters. The Bertz CT molecular complexity index is 894. The Labute approximate surface area is 149 Å². The maximum Gasteiger partial charge on any atom is 0.328 e. The minimum absolute atomic E-state index is 0.160. The van der Waals surface area contributed by atoms with Crippen molar-refractivity contribution in [2.45, 2.75) is 19.4 Å². The molecular weight excluding hydrogens is 336 g/mol. The van der Waals surface area contributed by atoms with Crippen molar-refractivity contribution < 1.29 is 19.5 Å².